The minimum Gasteiger partial charge on any atom is -0.337 e. The van der Waals surface area contributed by atoms with Crippen LogP contribution in [-0.4, -0.2) is 47.9 Å². The summed E-state index contributed by atoms with van der Waals surface area (Å²) < 4.78 is 0.943. The van der Waals surface area contributed by atoms with E-state index in [4.69, 9.17) is 0 Å². The lowest BCUT2D eigenvalue weighted by Gasteiger charge is -2.37. The molecule has 3 nitrogen and oxygen atoms in total. The Bertz CT molecular complexity index is 526. The Kier molecular flexibility index (Phi) is 4.65. The third kappa shape index (κ3) is 3.16. The van der Waals surface area contributed by atoms with Gasteiger partial charge in [-0.05, 0) is 73.3 Å². The second kappa shape index (κ2) is 6.49. The molecule has 21 heavy (non-hydrogen) atoms. The number of benzene rings is 1. The summed E-state index contributed by atoms with van der Waals surface area (Å²) in [4.78, 5) is 17.4. The van der Waals surface area contributed by atoms with Crippen molar-refractivity contribution in [3.05, 3.63) is 33.8 Å². The molecular weight excluding hydrogens is 328 g/mol. The molecule has 2 aliphatic rings. The van der Waals surface area contributed by atoms with Crippen molar-refractivity contribution in [2.75, 3.05) is 26.2 Å². The van der Waals surface area contributed by atoms with Crippen LogP contribution in [0.2, 0.25) is 0 Å². The van der Waals surface area contributed by atoms with E-state index in [0.717, 1.165) is 35.1 Å². The number of hydrogen-bond donors (Lipinski definition) is 0. The number of rotatable bonds is 2. The number of nitrogens with zero attached hydrogens (tertiary/aromatic N) is 2. The van der Waals surface area contributed by atoms with Crippen LogP contribution in [0, 0.1) is 6.92 Å². The monoisotopic (exact) mass is 350 g/mol. The fraction of sp³-hybridized carbons (Fsp3) is 0.588. The van der Waals surface area contributed by atoms with Crippen molar-refractivity contribution >= 4 is 21.8 Å². The van der Waals surface area contributed by atoms with Gasteiger partial charge in [-0.25, -0.2) is 0 Å². The molecular formula is C17H23BrN2O. The van der Waals surface area contributed by atoms with Gasteiger partial charge in [0.15, 0.2) is 0 Å². The molecule has 3 rings (SSSR count). The summed E-state index contributed by atoms with van der Waals surface area (Å²) >= 11 is 3.57. The van der Waals surface area contributed by atoms with Crippen LogP contribution in [0.4, 0.5) is 0 Å². The maximum absolute atomic E-state index is 12.8. The largest absolute Gasteiger partial charge is 0.337 e. The minimum absolute atomic E-state index is 0.175. The number of likely N-dealkylation sites (tertiary alicyclic amines) is 2. The fourth-order valence-corrected chi connectivity index (χ4v) is 3.96. The molecule has 114 valence electrons. The van der Waals surface area contributed by atoms with E-state index in [9.17, 15) is 4.79 Å². The van der Waals surface area contributed by atoms with Crippen molar-refractivity contribution in [1.82, 2.24) is 9.80 Å². The summed E-state index contributed by atoms with van der Waals surface area (Å²) in [5.41, 5.74) is 1.92. The molecule has 2 saturated heterocycles. The molecule has 1 aromatic rings. The zero-order chi connectivity index (χ0) is 14.8. The lowest BCUT2D eigenvalue weighted by atomic mass is 10.0. The highest BCUT2D eigenvalue weighted by molar-refractivity contribution is 9.10. The smallest absolute Gasteiger partial charge is 0.255 e. The van der Waals surface area contributed by atoms with Gasteiger partial charge in [-0.2, -0.15) is 0 Å². The van der Waals surface area contributed by atoms with Crippen molar-refractivity contribution in [2.45, 2.75) is 38.6 Å². The van der Waals surface area contributed by atoms with Crippen molar-refractivity contribution in [1.29, 1.82) is 0 Å². The first kappa shape index (κ1) is 15.0. The molecule has 1 atom stereocenters. The first-order valence-electron chi connectivity index (χ1n) is 7.95. The first-order chi connectivity index (χ1) is 10.2. The van der Waals surface area contributed by atoms with Crippen LogP contribution < -0.4 is 0 Å². The Morgan fingerprint density at radius 1 is 1.19 bits per heavy atom. The summed E-state index contributed by atoms with van der Waals surface area (Å²) in [5.74, 6) is 0.175. The second-order valence-corrected chi connectivity index (χ2v) is 7.02. The highest BCUT2D eigenvalue weighted by Gasteiger charge is 2.30. The van der Waals surface area contributed by atoms with Crippen LogP contribution in [-0.2, 0) is 0 Å². The van der Waals surface area contributed by atoms with Crippen molar-refractivity contribution in [3.63, 3.8) is 0 Å². The summed E-state index contributed by atoms with van der Waals surface area (Å²) in [7, 11) is 0. The number of piperidine rings is 1. The van der Waals surface area contributed by atoms with Gasteiger partial charge in [-0.15, -0.1) is 0 Å². The summed E-state index contributed by atoms with van der Waals surface area (Å²) in [5, 5.41) is 0. The molecule has 0 radical (unpaired) electrons. The molecule has 2 aliphatic heterocycles. The van der Waals surface area contributed by atoms with Crippen molar-refractivity contribution < 1.29 is 4.79 Å². The van der Waals surface area contributed by atoms with Crippen LogP contribution in [0.1, 0.15) is 41.6 Å². The van der Waals surface area contributed by atoms with E-state index in [1.54, 1.807) is 0 Å². The SMILES string of the molecule is Cc1cccc(C(=O)N2CCCC(N3CCCC3)C2)c1Br. The molecule has 0 bridgehead atoms. The van der Waals surface area contributed by atoms with E-state index in [0.29, 0.717) is 6.04 Å². The lowest BCUT2D eigenvalue weighted by molar-refractivity contribution is 0.0607. The average Bonchev–Trinajstić information content (AvgIpc) is 3.04. The van der Waals surface area contributed by atoms with Gasteiger partial charge >= 0.3 is 0 Å². The molecule has 0 N–H and O–H groups in total. The Morgan fingerprint density at radius 2 is 1.95 bits per heavy atom. The molecule has 1 aromatic carbocycles. The summed E-state index contributed by atoms with van der Waals surface area (Å²) in [6, 6.07) is 6.49. The van der Waals surface area contributed by atoms with Crippen LogP contribution in [0.3, 0.4) is 0 Å². The molecule has 0 saturated carbocycles. The van der Waals surface area contributed by atoms with Gasteiger partial charge in [0.2, 0.25) is 0 Å². The van der Waals surface area contributed by atoms with Gasteiger partial charge in [0.1, 0.15) is 0 Å². The van der Waals surface area contributed by atoms with Gasteiger partial charge in [-0.1, -0.05) is 12.1 Å². The summed E-state index contributed by atoms with van der Waals surface area (Å²) in [6.07, 6.45) is 4.98. The van der Waals surface area contributed by atoms with Gasteiger partial charge in [0, 0.05) is 23.6 Å². The quantitative estimate of drug-likeness (QED) is 0.815. The van der Waals surface area contributed by atoms with Crippen molar-refractivity contribution in [2.24, 2.45) is 0 Å². The third-order valence-corrected chi connectivity index (χ3v) is 5.82. The van der Waals surface area contributed by atoms with Gasteiger partial charge in [0.25, 0.3) is 5.91 Å². The molecule has 1 amide bonds. The van der Waals surface area contributed by atoms with Crippen molar-refractivity contribution in [3.8, 4) is 0 Å². The maximum atomic E-state index is 12.8. The molecule has 4 heteroatoms. The lowest BCUT2D eigenvalue weighted by Crippen LogP contribution is -2.49. The average molecular weight is 351 g/mol. The number of carbonyl (C=O) groups excluding carboxylic acids is 1. The predicted octanol–water partition coefficient (Wildman–Crippen LogP) is 3.46. The molecule has 0 aromatic heterocycles. The van der Waals surface area contributed by atoms with E-state index in [1.807, 2.05) is 30.0 Å². The van der Waals surface area contributed by atoms with Crippen LogP contribution in [0.15, 0.2) is 22.7 Å². The molecule has 1 unspecified atom stereocenters. The first-order valence-corrected chi connectivity index (χ1v) is 8.74. The fourth-order valence-electron chi connectivity index (χ4n) is 3.53. The zero-order valence-electron chi connectivity index (χ0n) is 12.6. The highest BCUT2D eigenvalue weighted by atomic mass is 79.9. The van der Waals surface area contributed by atoms with E-state index in [2.05, 4.69) is 20.8 Å². The standard InChI is InChI=1S/C17H23BrN2O/c1-13-6-4-8-15(16(13)18)17(21)20-11-5-7-14(12-20)19-9-2-3-10-19/h4,6,8,14H,2-3,5,7,9-12H2,1H3. The highest BCUT2D eigenvalue weighted by Crippen LogP contribution is 2.25. The second-order valence-electron chi connectivity index (χ2n) is 6.23. The third-order valence-electron chi connectivity index (χ3n) is 4.76. The van der Waals surface area contributed by atoms with Gasteiger partial charge in [-0.3, -0.25) is 9.69 Å². The topological polar surface area (TPSA) is 23.6 Å². The molecule has 0 spiro atoms. The van der Waals surface area contributed by atoms with E-state index in [-0.39, 0.29) is 5.91 Å². The summed E-state index contributed by atoms with van der Waals surface area (Å²) in [6.45, 7) is 6.23. The van der Waals surface area contributed by atoms with Crippen LogP contribution in [0.25, 0.3) is 0 Å². The van der Waals surface area contributed by atoms with Crippen LogP contribution >= 0.6 is 15.9 Å². The Morgan fingerprint density at radius 3 is 2.71 bits per heavy atom. The van der Waals surface area contributed by atoms with Gasteiger partial charge < -0.3 is 4.90 Å². The zero-order valence-corrected chi connectivity index (χ0v) is 14.2. The van der Waals surface area contributed by atoms with Crippen LogP contribution in [0.5, 0.6) is 0 Å². The minimum atomic E-state index is 0.175. The number of amides is 1. The molecule has 2 fully saturated rings. The predicted molar refractivity (Wildman–Crippen MR) is 88.6 cm³/mol. The van der Waals surface area contributed by atoms with E-state index < -0.39 is 0 Å². The van der Waals surface area contributed by atoms with E-state index >= 15 is 0 Å². The normalized spacial score (nSPS) is 23.5. The Hall–Kier alpha value is -0.870. The number of halogens is 1. The number of carbonyl (C=O) groups is 1. The Balaban J connectivity index is 1.73. The van der Waals surface area contributed by atoms with Gasteiger partial charge in [0.05, 0.1) is 5.56 Å². The van der Waals surface area contributed by atoms with E-state index in [1.165, 1.54) is 32.4 Å². The maximum Gasteiger partial charge on any atom is 0.255 e. The molecule has 0 aliphatic carbocycles. The number of hydrogen-bond acceptors (Lipinski definition) is 2. The molecule has 2 heterocycles. The Labute approximate surface area is 135 Å². The number of aryl methyl sites for hydroxylation is 1.